The molecule has 0 aliphatic carbocycles. The van der Waals surface area contributed by atoms with Gasteiger partial charge in [0.2, 0.25) is 5.95 Å². The molecule has 2 aromatic carbocycles. The summed E-state index contributed by atoms with van der Waals surface area (Å²) in [6.45, 7) is 2.71. The average Bonchev–Trinajstić information content (AvgIpc) is 3.45. The fourth-order valence-electron chi connectivity index (χ4n) is 4.15. The molecule has 0 amide bonds. The molecule has 4 heterocycles. The number of nitrogens with one attached hydrogen (secondary N) is 1. The van der Waals surface area contributed by atoms with Crippen molar-refractivity contribution in [2.45, 2.75) is 0 Å². The maximum atomic E-state index is 14.5. The van der Waals surface area contributed by atoms with E-state index in [-0.39, 0.29) is 5.82 Å². The van der Waals surface area contributed by atoms with Crippen LogP contribution in [0.2, 0.25) is 5.02 Å². The topological polar surface area (TPSA) is 93.9 Å². The van der Waals surface area contributed by atoms with E-state index < -0.39 is 0 Å². The van der Waals surface area contributed by atoms with E-state index in [2.05, 4.69) is 35.3 Å². The number of morpholine rings is 1. The minimum atomic E-state index is -0.309. The van der Waals surface area contributed by atoms with Crippen LogP contribution in [0.1, 0.15) is 0 Å². The Labute approximate surface area is 222 Å². The van der Waals surface area contributed by atoms with Gasteiger partial charge in [-0.1, -0.05) is 11.6 Å². The van der Waals surface area contributed by atoms with Crippen LogP contribution in [-0.4, -0.2) is 56.0 Å². The molecular formula is C27H22ClFN8O. The van der Waals surface area contributed by atoms with E-state index >= 15 is 0 Å². The van der Waals surface area contributed by atoms with Gasteiger partial charge in [0, 0.05) is 42.4 Å². The SMILES string of the molecule is Fc1cc(-c2ccnc(Nc3ccc(-n4cnc(-c5ccc(Cl)cn5)n4)cc3)n2)cc(N2CCOCC2)c1. The highest BCUT2D eigenvalue weighted by molar-refractivity contribution is 6.30. The predicted molar refractivity (Wildman–Crippen MR) is 143 cm³/mol. The molecule has 5 aromatic rings. The average molecular weight is 529 g/mol. The van der Waals surface area contributed by atoms with Crippen molar-refractivity contribution < 1.29 is 9.13 Å². The molecule has 0 unspecified atom stereocenters. The van der Waals surface area contributed by atoms with Gasteiger partial charge in [0.1, 0.15) is 17.8 Å². The minimum absolute atomic E-state index is 0.309. The highest BCUT2D eigenvalue weighted by Crippen LogP contribution is 2.27. The van der Waals surface area contributed by atoms with Crippen LogP contribution in [0.25, 0.3) is 28.5 Å². The van der Waals surface area contributed by atoms with Gasteiger partial charge < -0.3 is 15.0 Å². The number of nitrogens with zero attached hydrogens (tertiary/aromatic N) is 7. The Bertz CT molecular complexity index is 1550. The highest BCUT2D eigenvalue weighted by atomic mass is 35.5. The lowest BCUT2D eigenvalue weighted by atomic mass is 10.1. The largest absolute Gasteiger partial charge is 0.378 e. The summed E-state index contributed by atoms with van der Waals surface area (Å²) in [4.78, 5) is 19.7. The number of rotatable bonds is 6. The third-order valence-electron chi connectivity index (χ3n) is 6.05. The Morgan fingerprint density at radius 2 is 1.71 bits per heavy atom. The molecule has 6 rings (SSSR count). The van der Waals surface area contributed by atoms with Crippen LogP contribution in [-0.2, 0) is 4.74 Å². The zero-order valence-electron chi connectivity index (χ0n) is 20.1. The van der Waals surface area contributed by atoms with Crippen molar-refractivity contribution in [2.24, 2.45) is 0 Å². The molecule has 0 bridgehead atoms. The molecule has 190 valence electrons. The van der Waals surface area contributed by atoms with Gasteiger partial charge >= 0.3 is 0 Å². The van der Waals surface area contributed by atoms with Gasteiger partial charge in [0.05, 0.1) is 29.6 Å². The van der Waals surface area contributed by atoms with Crippen LogP contribution in [0.3, 0.4) is 0 Å². The monoisotopic (exact) mass is 528 g/mol. The highest BCUT2D eigenvalue weighted by Gasteiger charge is 2.14. The molecule has 0 atom stereocenters. The second kappa shape index (κ2) is 10.5. The second-order valence-corrected chi connectivity index (χ2v) is 9.05. The zero-order chi connectivity index (χ0) is 25.9. The van der Waals surface area contributed by atoms with Gasteiger partial charge in [0.25, 0.3) is 0 Å². The Kier molecular flexibility index (Phi) is 6.63. The maximum Gasteiger partial charge on any atom is 0.227 e. The Hall–Kier alpha value is -4.41. The van der Waals surface area contributed by atoms with Gasteiger partial charge in [-0.25, -0.2) is 24.0 Å². The summed E-state index contributed by atoms with van der Waals surface area (Å²) in [5.74, 6) is 0.600. The van der Waals surface area contributed by atoms with Crippen molar-refractivity contribution in [2.75, 3.05) is 36.5 Å². The first-order chi connectivity index (χ1) is 18.6. The zero-order valence-corrected chi connectivity index (χ0v) is 20.9. The molecule has 1 saturated heterocycles. The summed E-state index contributed by atoms with van der Waals surface area (Å²) in [5, 5.41) is 8.27. The van der Waals surface area contributed by atoms with Crippen molar-refractivity contribution >= 4 is 28.9 Å². The first-order valence-electron chi connectivity index (χ1n) is 12.0. The number of halogens is 2. The number of hydrogen-bond donors (Lipinski definition) is 1. The number of hydrogen-bond acceptors (Lipinski definition) is 8. The van der Waals surface area contributed by atoms with Crippen molar-refractivity contribution in [3.8, 4) is 28.5 Å². The molecular weight excluding hydrogens is 507 g/mol. The first-order valence-corrected chi connectivity index (χ1v) is 12.4. The fraction of sp³-hybridized carbons (Fsp3) is 0.148. The number of aromatic nitrogens is 6. The number of benzene rings is 2. The van der Waals surface area contributed by atoms with E-state index in [9.17, 15) is 4.39 Å². The van der Waals surface area contributed by atoms with Crippen molar-refractivity contribution in [1.82, 2.24) is 29.7 Å². The van der Waals surface area contributed by atoms with Crippen molar-refractivity contribution in [3.05, 3.63) is 90.2 Å². The van der Waals surface area contributed by atoms with Crippen LogP contribution >= 0.6 is 11.6 Å². The number of pyridine rings is 1. The predicted octanol–water partition coefficient (Wildman–Crippen LogP) is 5.16. The second-order valence-electron chi connectivity index (χ2n) is 8.61. The summed E-state index contributed by atoms with van der Waals surface area (Å²) in [5.41, 5.74) is 4.38. The Morgan fingerprint density at radius 1 is 0.868 bits per heavy atom. The quantitative estimate of drug-likeness (QED) is 0.323. The smallest absolute Gasteiger partial charge is 0.227 e. The molecule has 9 nitrogen and oxygen atoms in total. The van der Waals surface area contributed by atoms with Crippen LogP contribution < -0.4 is 10.2 Å². The number of anilines is 3. The standard InChI is InChI=1S/C27H22ClFN8O/c28-19-1-6-25(31-16-19)26-32-17-37(35-26)22-4-2-21(3-5-22)33-27-30-8-7-24(34-27)18-13-20(29)15-23(14-18)36-9-11-38-12-10-36/h1-8,13-17H,9-12H2,(H,30,33,34). The lowest BCUT2D eigenvalue weighted by Gasteiger charge is -2.29. The third-order valence-corrected chi connectivity index (χ3v) is 6.27. The van der Waals surface area contributed by atoms with Gasteiger partial charge in [-0.05, 0) is 60.7 Å². The van der Waals surface area contributed by atoms with Crippen LogP contribution in [0.5, 0.6) is 0 Å². The summed E-state index contributed by atoms with van der Waals surface area (Å²) in [7, 11) is 0. The lowest BCUT2D eigenvalue weighted by molar-refractivity contribution is 0.122. The van der Waals surface area contributed by atoms with E-state index in [1.165, 1.54) is 6.07 Å². The van der Waals surface area contributed by atoms with Crippen LogP contribution in [0.4, 0.5) is 21.7 Å². The van der Waals surface area contributed by atoms with Crippen molar-refractivity contribution in [3.63, 3.8) is 0 Å². The number of ether oxygens (including phenoxy) is 1. The fourth-order valence-corrected chi connectivity index (χ4v) is 4.26. The summed E-state index contributed by atoms with van der Waals surface area (Å²) >= 11 is 5.91. The van der Waals surface area contributed by atoms with Gasteiger partial charge in [-0.2, -0.15) is 0 Å². The Balaban J connectivity index is 1.18. The Morgan fingerprint density at radius 3 is 2.50 bits per heavy atom. The van der Waals surface area contributed by atoms with Gasteiger partial charge in [-0.15, -0.1) is 5.10 Å². The third kappa shape index (κ3) is 5.31. The molecule has 1 fully saturated rings. The summed E-state index contributed by atoms with van der Waals surface area (Å²) in [6.07, 6.45) is 4.84. The molecule has 0 radical (unpaired) electrons. The van der Waals surface area contributed by atoms with Crippen LogP contribution in [0, 0.1) is 5.82 Å². The summed E-state index contributed by atoms with van der Waals surface area (Å²) in [6, 6.07) is 17.9. The molecule has 38 heavy (non-hydrogen) atoms. The van der Waals surface area contributed by atoms with Gasteiger partial charge in [0.15, 0.2) is 5.82 Å². The van der Waals surface area contributed by atoms with Crippen LogP contribution in [0.15, 0.2) is 79.4 Å². The van der Waals surface area contributed by atoms with E-state index in [0.717, 1.165) is 30.2 Å². The summed E-state index contributed by atoms with van der Waals surface area (Å²) < 4.78 is 21.6. The molecule has 1 aliphatic rings. The van der Waals surface area contributed by atoms with Crippen molar-refractivity contribution in [1.29, 1.82) is 0 Å². The molecule has 1 N–H and O–H groups in total. The normalized spacial score (nSPS) is 13.5. The van der Waals surface area contributed by atoms with Gasteiger partial charge in [-0.3, -0.25) is 4.98 Å². The van der Waals surface area contributed by atoms with E-state index in [4.69, 9.17) is 16.3 Å². The first kappa shape index (κ1) is 24.0. The molecule has 1 aliphatic heterocycles. The molecule has 0 spiro atoms. The van der Waals surface area contributed by atoms with E-state index in [1.807, 2.05) is 30.3 Å². The molecule has 0 saturated carbocycles. The maximum absolute atomic E-state index is 14.5. The molecule has 3 aromatic heterocycles. The molecule has 11 heteroatoms. The van der Waals surface area contributed by atoms with E-state index in [0.29, 0.717) is 47.0 Å². The lowest BCUT2D eigenvalue weighted by Crippen LogP contribution is -2.36. The van der Waals surface area contributed by atoms with E-state index in [1.54, 1.807) is 47.7 Å². The minimum Gasteiger partial charge on any atom is -0.378 e.